The molecule has 6 heteroatoms. The van der Waals surface area contributed by atoms with Crippen molar-refractivity contribution in [2.45, 2.75) is 44.2 Å². The first kappa shape index (κ1) is 14.6. The van der Waals surface area contributed by atoms with Crippen LogP contribution in [-0.2, 0) is 6.54 Å². The average Bonchev–Trinajstić information content (AvgIpc) is 2.95. The van der Waals surface area contributed by atoms with Gasteiger partial charge in [-0.2, -0.15) is 0 Å². The minimum atomic E-state index is -0.470. The number of fused-ring (bicyclic) bond motifs is 1. The Hall–Kier alpha value is -1.37. The molecule has 1 amide bonds. The van der Waals surface area contributed by atoms with Crippen molar-refractivity contribution in [1.29, 1.82) is 0 Å². The summed E-state index contributed by atoms with van der Waals surface area (Å²) in [5.41, 5.74) is 2.48. The smallest absolute Gasteiger partial charge is 0.301 e. The summed E-state index contributed by atoms with van der Waals surface area (Å²) in [5, 5.41) is 10.7. The van der Waals surface area contributed by atoms with Crippen molar-refractivity contribution < 1.29 is 14.3 Å². The zero-order valence-electron chi connectivity index (χ0n) is 12.2. The van der Waals surface area contributed by atoms with Crippen LogP contribution < -0.4 is 11.3 Å². The second kappa shape index (κ2) is 5.79. The average molecular weight is 293 g/mol. The van der Waals surface area contributed by atoms with Crippen LogP contribution in [0.1, 0.15) is 48.2 Å². The molecule has 1 aromatic rings. The summed E-state index contributed by atoms with van der Waals surface area (Å²) in [5.74, 6) is 5.39. The molecule has 0 bridgehead atoms. The highest BCUT2D eigenvalue weighted by Crippen LogP contribution is 2.40. The molecule has 0 aromatic carbocycles. The maximum absolute atomic E-state index is 11.6. The number of aliphatic hydroxyl groups is 1. The van der Waals surface area contributed by atoms with Crippen molar-refractivity contribution in [3.63, 3.8) is 0 Å². The fourth-order valence-electron chi connectivity index (χ4n) is 3.75. The van der Waals surface area contributed by atoms with Crippen LogP contribution in [0.25, 0.3) is 0 Å². The maximum atomic E-state index is 11.6. The zero-order chi connectivity index (χ0) is 14.9. The Balaban J connectivity index is 1.67. The van der Waals surface area contributed by atoms with E-state index in [1.54, 1.807) is 0 Å². The lowest BCUT2D eigenvalue weighted by Crippen LogP contribution is -2.53. The van der Waals surface area contributed by atoms with E-state index in [2.05, 4.69) is 10.3 Å². The van der Waals surface area contributed by atoms with Gasteiger partial charge in [0.15, 0.2) is 5.76 Å². The van der Waals surface area contributed by atoms with Gasteiger partial charge in [0.25, 0.3) is 0 Å². The predicted molar refractivity (Wildman–Crippen MR) is 77.2 cm³/mol. The number of nitrogen functional groups attached to an aromatic ring is 1. The molecule has 6 nitrogen and oxygen atoms in total. The van der Waals surface area contributed by atoms with E-state index in [1.807, 2.05) is 6.07 Å². The highest BCUT2D eigenvalue weighted by Gasteiger charge is 2.42. The lowest BCUT2D eigenvalue weighted by atomic mass is 9.71. The van der Waals surface area contributed by atoms with Gasteiger partial charge in [0.2, 0.25) is 0 Å². The van der Waals surface area contributed by atoms with Crippen molar-refractivity contribution in [2.75, 3.05) is 13.1 Å². The molecule has 2 fully saturated rings. The summed E-state index contributed by atoms with van der Waals surface area (Å²) in [6, 6.07) is 1.81. The molecule has 2 unspecified atom stereocenters. The van der Waals surface area contributed by atoms with Gasteiger partial charge in [-0.1, -0.05) is 12.8 Å². The van der Waals surface area contributed by atoms with E-state index in [4.69, 9.17) is 10.3 Å². The van der Waals surface area contributed by atoms with E-state index in [1.165, 1.54) is 12.7 Å². The van der Waals surface area contributed by atoms with E-state index < -0.39 is 11.5 Å². The van der Waals surface area contributed by atoms with Crippen LogP contribution >= 0.6 is 0 Å². The fourth-order valence-corrected chi connectivity index (χ4v) is 3.75. The van der Waals surface area contributed by atoms with Crippen molar-refractivity contribution in [1.82, 2.24) is 10.3 Å². The number of hydrogen-bond donors (Lipinski definition) is 3. The first-order valence-electron chi connectivity index (χ1n) is 7.64. The number of carbonyl (C=O) groups excluding carboxylic acids is 1. The molecular weight excluding hydrogens is 270 g/mol. The second-order valence-corrected chi connectivity index (χ2v) is 6.28. The molecular formula is C15H23N3O3. The summed E-state index contributed by atoms with van der Waals surface area (Å²) in [6.45, 7) is 2.39. The Morgan fingerprint density at radius 2 is 2.38 bits per heavy atom. The maximum Gasteiger partial charge on any atom is 0.301 e. The third kappa shape index (κ3) is 2.84. The van der Waals surface area contributed by atoms with Crippen molar-refractivity contribution in [3.05, 3.63) is 23.7 Å². The van der Waals surface area contributed by atoms with Crippen molar-refractivity contribution in [2.24, 2.45) is 11.8 Å². The van der Waals surface area contributed by atoms with E-state index in [-0.39, 0.29) is 5.76 Å². The summed E-state index contributed by atoms with van der Waals surface area (Å²) < 4.78 is 5.22. The molecule has 0 radical (unpaired) electrons. The lowest BCUT2D eigenvalue weighted by molar-refractivity contribution is -0.0968. The molecule has 116 valence electrons. The van der Waals surface area contributed by atoms with Gasteiger partial charge in [-0.05, 0) is 25.3 Å². The summed E-state index contributed by atoms with van der Waals surface area (Å²) in [6.07, 6.45) is 6.68. The van der Waals surface area contributed by atoms with Gasteiger partial charge >= 0.3 is 5.91 Å². The van der Waals surface area contributed by atoms with Crippen LogP contribution in [0.15, 0.2) is 16.7 Å². The standard InChI is InChI=1S/C15H23N3O3/c16-17-14(19)13-11(4-8-21-13)9-18-7-6-15(20)5-2-1-3-12(15)10-18/h4,8,12,20H,1-3,5-7,9-10,16H2,(H,17,19). The van der Waals surface area contributed by atoms with Gasteiger partial charge in [0, 0.05) is 31.1 Å². The lowest BCUT2D eigenvalue weighted by Gasteiger charge is -2.47. The molecule has 1 aromatic heterocycles. The number of hydrogen-bond acceptors (Lipinski definition) is 5. The van der Waals surface area contributed by atoms with Crippen molar-refractivity contribution >= 4 is 5.91 Å². The Kier molecular flexibility index (Phi) is 4.01. The fraction of sp³-hybridized carbons (Fsp3) is 0.667. The van der Waals surface area contributed by atoms with Gasteiger partial charge < -0.3 is 9.52 Å². The summed E-state index contributed by atoms with van der Waals surface area (Å²) >= 11 is 0. The van der Waals surface area contributed by atoms with Crippen LogP contribution in [0.5, 0.6) is 0 Å². The quantitative estimate of drug-likeness (QED) is 0.439. The van der Waals surface area contributed by atoms with Crippen LogP contribution in [0.2, 0.25) is 0 Å². The molecule has 3 rings (SSSR count). The van der Waals surface area contributed by atoms with Crippen LogP contribution in [0.4, 0.5) is 0 Å². The number of rotatable bonds is 3. The molecule has 2 aliphatic rings. The topological polar surface area (TPSA) is 91.7 Å². The second-order valence-electron chi connectivity index (χ2n) is 6.28. The first-order chi connectivity index (χ1) is 10.1. The number of furan rings is 1. The third-order valence-electron chi connectivity index (χ3n) is 4.99. The Bertz CT molecular complexity index is 516. The third-order valence-corrected chi connectivity index (χ3v) is 4.99. The molecule has 4 N–H and O–H groups in total. The van der Waals surface area contributed by atoms with E-state index >= 15 is 0 Å². The Morgan fingerprint density at radius 1 is 1.52 bits per heavy atom. The Morgan fingerprint density at radius 3 is 3.19 bits per heavy atom. The predicted octanol–water partition coefficient (Wildman–Crippen LogP) is 1.01. The van der Waals surface area contributed by atoms with E-state index in [0.29, 0.717) is 12.5 Å². The van der Waals surface area contributed by atoms with Crippen LogP contribution in [0, 0.1) is 5.92 Å². The molecule has 2 heterocycles. The van der Waals surface area contributed by atoms with Gasteiger partial charge in [-0.25, -0.2) is 5.84 Å². The highest BCUT2D eigenvalue weighted by molar-refractivity contribution is 5.92. The number of likely N-dealkylation sites (tertiary alicyclic amines) is 1. The molecule has 1 saturated carbocycles. The van der Waals surface area contributed by atoms with Crippen LogP contribution in [-0.4, -0.2) is 34.6 Å². The number of amides is 1. The molecule has 1 aliphatic heterocycles. The SMILES string of the molecule is NNC(=O)c1occc1CN1CCC2(O)CCCCC2C1. The minimum absolute atomic E-state index is 0.280. The number of hydrazine groups is 1. The van der Waals surface area contributed by atoms with Gasteiger partial charge in [0.05, 0.1) is 11.9 Å². The minimum Gasteiger partial charge on any atom is -0.459 e. The number of nitrogens with zero attached hydrogens (tertiary/aromatic N) is 1. The van der Waals surface area contributed by atoms with Gasteiger partial charge in [-0.15, -0.1) is 0 Å². The highest BCUT2D eigenvalue weighted by atomic mass is 16.3. The normalized spacial score (nSPS) is 29.9. The number of nitrogens with two attached hydrogens (primary N) is 1. The monoisotopic (exact) mass is 293 g/mol. The number of nitrogens with one attached hydrogen (secondary N) is 1. The Labute approximate surface area is 124 Å². The first-order valence-corrected chi connectivity index (χ1v) is 7.64. The number of carbonyl (C=O) groups is 1. The summed E-state index contributed by atoms with van der Waals surface area (Å²) in [7, 11) is 0. The number of piperidine rings is 1. The zero-order valence-corrected chi connectivity index (χ0v) is 12.2. The van der Waals surface area contributed by atoms with E-state index in [9.17, 15) is 9.90 Å². The van der Waals surface area contributed by atoms with Gasteiger partial charge in [-0.3, -0.25) is 15.1 Å². The van der Waals surface area contributed by atoms with Crippen LogP contribution in [0.3, 0.4) is 0 Å². The molecule has 1 aliphatic carbocycles. The molecule has 1 saturated heterocycles. The summed E-state index contributed by atoms with van der Waals surface area (Å²) in [4.78, 5) is 13.9. The molecule has 21 heavy (non-hydrogen) atoms. The van der Waals surface area contributed by atoms with Gasteiger partial charge in [0.1, 0.15) is 0 Å². The largest absolute Gasteiger partial charge is 0.459 e. The molecule has 0 spiro atoms. The molecule has 2 atom stereocenters. The van der Waals surface area contributed by atoms with E-state index in [0.717, 1.165) is 44.3 Å². The van der Waals surface area contributed by atoms with Crippen molar-refractivity contribution in [3.8, 4) is 0 Å².